The number of aliphatic carboxylic acids is 1. The molecule has 8 heteroatoms. The molecule has 0 spiro atoms. The monoisotopic (exact) mass is 292 g/mol. The van der Waals surface area contributed by atoms with Gasteiger partial charge < -0.3 is 10.4 Å². The van der Waals surface area contributed by atoms with Crippen LogP contribution < -0.4 is 10.0 Å². The van der Waals surface area contributed by atoms with E-state index in [1.165, 1.54) is 0 Å². The second-order valence-corrected chi connectivity index (χ2v) is 6.76. The van der Waals surface area contributed by atoms with Crippen molar-refractivity contribution in [3.05, 3.63) is 0 Å². The summed E-state index contributed by atoms with van der Waals surface area (Å²) in [4.78, 5) is 21.5. The van der Waals surface area contributed by atoms with Crippen molar-refractivity contribution in [1.29, 1.82) is 0 Å². The summed E-state index contributed by atoms with van der Waals surface area (Å²) < 4.78 is 25.9. The lowest BCUT2D eigenvalue weighted by Crippen LogP contribution is -2.43. The van der Waals surface area contributed by atoms with Crippen molar-refractivity contribution in [2.24, 2.45) is 5.92 Å². The molecule has 1 aliphatic carbocycles. The normalized spacial score (nSPS) is 23.8. The van der Waals surface area contributed by atoms with E-state index < -0.39 is 34.2 Å². The maximum absolute atomic E-state index is 11.7. The Kier molecular flexibility index (Phi) is 5.74. The summed E-state index contributed by atoms with van der Waals surface area (Å²) in [6.45, 7) is 1.55. The molecule has 110 valence electrons. The van der Waals surface area contributed by atoms with Gasteiger partial charge in [-0.05, 0) is 31.6 Å². The fourth-order valence-corrected chi connectivity index (χ4v) is 3.35. The summed E-state index contributed by atoms with van der Waals surface area (Å²) in [7, 11) is -3.70. The molecular formula is C11H20N2O5S. The number of sulfonamides is 1. The third-order valence-corrected chi connectivity index (χ3v) is 4.45. The Labute approximate surface area is 112 Å². The molecule has 1 saturated carbocycles. The van der Waals surface area contributed by atoms with E-state index in [2.05, 4.69) is 11.6 Å². The van der Waals surface area contributed by atoms with Gasteiger partial charge in [0.05, 0.1) is 0 Å². The summed E-state index contributed by atoms with van der Waals surface area (Å²) in [5, 5.41) is 10.4. The Hall–Kier alpha value is -1.15. The fourth-order valence-electron chi connectivity index (χ4n) is 2.07. The Balaban J connectivity index is 2.39. The van der Waals surface area contributed by atoms with Crippen molar-refractivity contribution in [3.63, 3.8) is 0 Å². The fraction of sp³-hybridized carbons (Fsp3) is 0.818. The van der Waals surface area contributed by atoms with E-state index in [9.17, 15) is 18.0 Å². The number of nitrogens with one attached hydrogen (secondary N) is 2. The molecule has 0 atom stereocenters. The van der Waals surface area contributed by atoms with Crippen molar-refractivity contribution in [2.75, 3.05) is 12.3 Å². The van der Waals surface area contributed by atoms with Gasteiger partial charge in [-0.15, -0.1) is 0 Å². The summed E-state index contributed by atoms with van der Waals surface area (Å²) >= 11 is 0. The zero-order chi connectivity index (χ0) is 14.5. The number of carboxylic acid groups (broad SMARTS) is 1. The van der Waals surface area contributed by atoms with Gasteiger partial charge in [-0.1, -0.05) is 6.92 Å². The lowest BCUT2D eigenvalue weighted by atomic mass is 9.88. The third-order valence-electron chi connectivity index (χ3n) is 3.12. The molecule has 1 aliphatic rings. The number of amides is 1. The molecule has 0 heterocycles. The zero-order valence-electron chi connectivity index (χ0n) is 10.9. The SMILES string of the molecule is CC1CCC(NS(=O)(=O)CC(=O)NCC(=O)O)CC1. The summed E-state index contributed by atoms with van der Waals surface area (Å²) in [5.41, 5.74) is 0. The highest BCUT2D eigenvalue weighted by Gasteiger charge is 2.24. The van der Waals surface area contributed by atoms with Crippen LogP contribution in [-0.2, 0) is 19.6 Å². The van der Waals surface area contributed by atoms with Crippen LogP contribution in [0, 0.1) is 5.92 Å². The van der Waals surface area contributed by atoms with Crippen LogP contribution in [0.15, 0.2) is 0 Å². The highest BCUT2D eigenvalue weighted by Crippen LogP contribution is 2.23. The minimum absolute atomic E-state index is 0.117. The number of carbonyl (C=O) groups is 2. The summed E-state index contributed by atoms with van der Waals surface area (Å²) in [5.74, 6) is -2.13. The van der Waals surface area contributed by atoms with Crippen LogP contribution in [0.3, 0.4) is 0 Å². The van der Waals surface area contributed by atoms with Crippen LogP contribution in [0.4, 0.5) is 0 Å². The summed E-state index contributed by atoms with van der Waals surface area (Å²) in [6.07, 6.45) is 3.49. The van der Waals surface area contributed by atoms with Gasteiger partial charge in [0, 0.05) is 6.04 Å². The molecule has 0 saturated heterocycles. The second kappa shape index (κ2) is 6.85. The second-order valence-electron chi connectivity index (χ2n) is 5.00. The predicted octanol–water partition coefficient (Wildman–Crippen LogP) is -0.315. The number of carboxylic acids is 1. The van der Waals surface area contributed by atoms with E-state index >= 15 is 0 Å². The molecule has 3 N–H and O–H groups in total. The van der Waals surface area contributed by atoms with Gasteiger partial charge in [-0.3, -0.25) is 9.59 Å². The standard InChI is InChI=1S/C11H20N2O5S/c1-8-2-4-9(5-3-8)13-19(17,18)7-10(14)12-6-11(15)16/h8-9,13H,2-7H2,1H3,(H,12,14)(H,15,16). The summed E-state index contributed by atoms with van der Waals surface area (Å²) in [6, 6.07) is -0.117. The first-order valence-electron chi connectivity index (χ1n) is 6.27. The molecule has 0 aromatic heterocycles. The maximum Gasteiger partial charge on any atom is 0.322 e. The molecule has 1 rings (SSSR count). The van der Waals surface area contributed by atoms with Crippen LogP contribution in [0.2, 0.25) is 0 Å². The van der Waals surface area contributed by atoms with Gasteiger partial charge in [-0.25, -0.2) is 13.1 Å². The smallest absolute Gasteiger partial charge is 0.322 e. The maximum atomic E-state index is 11.7. The van der Waals surface area contributed by atoms with E-state index in [1.807, 2.05) is 5.32 Å². The molecule has 0 bridgehead atoms. The molecule has 19 heavy (non-hydrogen) atoms. The van der Waals surface area contributed by atoms with Gasteiger partial charge >= 0.3 is 5.97 Å². The van der Waals surface area contributed by atoms with Crippen LogP contribution in [0.25, 0.3) is 0 Å². The first-order valence-corrected chi connectivity index (χ1v) is 7.92. The first-order chi connectivity index (χ1) is 8.78. The third kappa shape index (κ3) is 6.53. The Morgan fingerprint density at radius 1 is 1.21 bits per heavy atom. The number of carbonyl (C=O) groups excluding carboxylic acids is 1. The van der Waals surface area contributed by atoms with Crippen molar-refractivity contribution in [2.45, 2.75) is 38.6 Å². The van der Waals surface area contributed by atoms with Gasteiger partial charge in [0.1, 0.15) is 12.3 Å². The Bertz CT molecular complexity index is 426. The molecule has 0 aromatic rings. The lowest BCUT2D eigenvalue weighted by Gasteiger charge is -2.26. The van der Waals surface area contributed by atoms with Crippen LogP contribution in [-0.4, -0.2) is 43.7 Å². The highest BCUT2D eigenvalue weighted by atomic mass is 32.2. The Morgan fingerprint density at radius 2 is 1.79 bits per heavy atom. The quantitative estimate of drug-likeness (QED) is 0.621. The van der Waals surface area contributed by atoms with Crippen LogP contribution in [0.1, 0.15) is 32.6 Å². The molecule has 1 fully saturated rings. The van der Waals surface area contributed by atoms with Crippen molar-refractivity contribution in [3.8, 4) is 0 Å². The average molecular weight is 292 g/mol. The molecular weight excluding hydrogens is 272 g/mol. The van der Waals surface area contributed by atoms with Crippen LogP contribution >= 0.6 is 0 Å². The average Bonchev–Trinajstić information content (AvgIpc) is 2.28. The topological polar surface area (TPSA) is 113 Å². The van der Waals surface area contributed by atoms with E-state index in [-0.39, 0.29) is 6.04 Å². The van der Waals surface area contributed by atoms with Gasteiger partial charge in [0.2, 0.25) is 15.9 Å². The molecule has 7 nitrogen and oxygen atoms in total. The van der Waals surface area contributed by atoms with Gasteiger partial charge in [-0.2, -0.15) is 0 Å². The molecule has 0 radical (unpaired) electrons. The van der Waals surface area contributed by atoms with Crippen molar-refractivity contribution in [1.82, 2.24) is 10.0 Å². The van der Waals surface area contributed by atoms with Gasteiger partial charge in [0.25, 0.3) is 0 Å². The lowest BCUT2D eigenvalue weighted by molar-refractivity contribution is -0.137. The Morgan fingerprint density at radius 3 is 2.32 bits per heavy atom. The van der Waals surface area contributed by atoms with E-state index in [0.717, 1.165) is 25.7 Å². The molecule has 1 amide bonds. The molecule has 0 aromatic carbocycles. The minimum atomic E-state index is -3.70. The minimum Gasteiger partial charge on any atom is -0.480 e. The predicted molar refractivity (Wildman–Crippen MR) is 69.0 cm³/mol. The van der Waals surface area contributed by atoms with Crippen LogP contribution in [0.5, 0.6) is 0 Å². The number of rotatable bonds is 6. The highest BCUT2D eigenvalue weighted by molar-refractivity contribution is 7.90. The van der Waals surface area contributed by atoms with Crippen molar-refractivity contribution >= 4 is 21.9 Å². The van der Waals surface area contributed by atoms with E-state index in [4.69, 9.17) is 5.11 Å². The molecule has 0 aliphatic heterocycles. The first kappa shape index (κ1) is 15.9. The van der Waals surface area contributed by atoms with E-state index in [1.54, 1.807) is 0 Å². The van der Waals surface area contributed by atoms with Gasteiger partial charge in [0.15, 0.2) is 0 Å². The van der Waals surface area contributed by atoms with E-state index in [0.29, 0.717) is 5.92 Å². The zero-order valence-corrected chi connectivity index (χ0v) is 11.7. The van der Waals surface area contributed by atoms with Crippen molar-refractivity contribution < 1.29 is 23.1 Å². The number of hydrogen-bond donors (Lipinski definition) is 3. The number of hydrogen-bond acceptors (Lipinski definition) is 4. The molecule has 0 unspecified atom stereocenters. The largest absolute Gasteiger partial charge is 0.480 e.